The van der Waals surface area contributed by atoms with Crippen LogP contribution < -0.4 is 0 Å². The van der Waals surface area contributed by atoms with Gasteiger partial charge in [-0.2, -0.15) is 26.3 Å². The molecule has 1 aliphatic heterocycles. The maximum atomic E-state index is 13.9. The van der Waals surface area contributed by atoms with E-state index in [9.17, 15) is 30.7 Å². The first kappa shape index (κ1) is 16.0. The molecule has 0 N–H and O–H groups in total. The zero-order chi connectivity index (χ0) is 15.1. The van der Waals surface area contributed by atoms with Gasteiger partial charge in [-0.25, -0.2) is 4.39 Å². The number of hydrogen-bond donors (Lipinski definition) is 0. The van der Waals surface area contributed by atoms with Crippen LogP contribution >= 0.6 is 0 Å². The van der Waals surface area contributed by atoms with Crippen LogP contribution in [0.2, 0.25) is 0 Å². The molecule has 112 valence electrons. The van der Waals surface area contributed by atoms with Gasteiger partial charge >= 0.3 is 23.8 Å². The Kier molecular flexibility index (Phi) is 3.81. The lowest BCUT2D eigenvalue weighted by atomic mass is 10.0. The van der Waals surface area contributed by atoms with Crippen LogP contribution in [0.5, 0.6) is 0 Å². The first-order chi connectivity index (χ1) is 8.48. The van der Waals surface area contributed by atoms with Crippen LogP contribution in [0.4, 0.5) is 30.7 Å². The Hall–Kier alpha value is -1.03. The molecule has 10 heteroatoms. The van der Waals surface area contributed by atoms with Crippen molar-refractivity contribution in [1.29, 1.82) is 0 Å². The minimum absolute atomic E-state index is 0.416. The first-order valence-electron chi connectivity index (χ1n) is 4.75. The molecular weight excluding hydrogens is 289 g/mol. The lowest BCUT2D eigenvalue weighted by molar-refractivity contribution is -0.350. The predicted octanol–water partition coefficient (Wildman–Crippen LogP) is 2.72. The van der Waals surface area contributed by atoms with E-state index in [0.29, 0.717) is 6.26 Å². The summed E-state index contributed by atoms with van der Waals surface area (Å²) in [5.74, 6) is -16.6. The van der Waals surface area contributed by atoms with Crippen molar-refractivity contribution in [2.75, 3.05) is 13.7 Å². The molecule has 2 unspecified atom stereocenters. The van der Waals surface area contributed by atoms with Crippen LogP contribution in [0.25, 0.3) is 0 Å². The molecule has 0 aliphatic carbocycles. The molecule has 0 amide bonds. The molecule has 0 aromatic carbocycles. The molecule has 0 aromatic heterocycles. The van der Waals surface area contributed by atoms with E-state index in [0.717, 1.165) is 7.11 Å². The Bertz CT molecular complexity index is 360. The monoisotopic (exact) mass is 298 g/mol. The molecule has 3 nitrogen and oxygen atoms in total. The normalized spacial score (nSPS) is 32.8. The Balaban J connectivity index is 3.27. The van der Waals surface area contributed by atoms with Crippen LogP contribution in [0, 0.1) is 0 Å². The van der Waals surface area contributed by atoms with E-state index in [4.69, 9.17) is 0 Å². The van der Waals surface area contributed by atoms with Gasteiger partial charge in [-0.15, -0.1) is 0 Å². The summed E-state index contributed by atoms with van der Waals surface area (Å²) in [5.41, 5.74) is 0. The van der Waals surface area contributed by atoms with Crippen molar-refractivity contribution in [2.24, 2.45) is 0 Å². The number of halogens is 7. The van der Waals surface area contributed by atoms with Gasteiger partial charge in [0, 0.05) is 7.11 Å². The van der Waals surface area contributed by atoms with Gasteiger partial charge < -0.3 is 9.47 Å². The summed E-state index contributed by atoms with van der Waals surface area (Å²) in [7, 11) is 0.895. The maximum absolute atomic E-state index is 13.9. The lowest BCUT2D eigenvalue weighted by Crippen LogP contribution is -2.58. The molecule has 1 fully saturated rings. The summed E-state index contributed by atoms with van der Waals surface area (Å²) < 4.78 is 103. The van der Waals surface area contributed by atoms with Crippen LogP contribution in [-0.2, 0) is 14.2 Å². The largest absolute Gasteiger partial charge is 0.490 e. The highest BCUT2D eigenvalue weighted by Gasteiger charge is 2.91. The average molecular weight is 298 g/mol. The van der Waals surface area contributed by atoms with Gasteiger partial charge in [0.05, 0.1) is 12.9 Å². The smallest absolute Gasteiger partial charge is 0.428 e. The van der Waals surface area contributed by atoms with Gasteiger partial charge in [0.25, 0.3) is 0 Å². The molecule has 2 atom stereocenters. The molecule has 0 aromatic rings. The van der Waals surface area contributed by atoms with Gasteiger partial charge in [0.15, 0.2) is 6.10 Å². The Morgan fingerprint density at radius 3 is 1.95 bits per heavy atom. The number of methoxy groups -OCH3 is 1. The Morgan fingerprint density at radius 2 is 1.63 bits per heavy atom. The number of hydrogen-bond acceptors (Lipinski definition) is 3. The van der Waals surface area contributed by atoms with Crippen molar-refractivity contribution in [3.05, 3.63) is 12.8 Å². The van der Waals surface area contributed by atoms with Gasteiger partial charge in [0.2, 0.25) is 0 Å². The molecule has 0 saturated carbocycles. The van der Waals surface area contributed by atoms with E-state index in [2.05, 4.69) is 20.8 Å². The van der Waals surface area contributed by atoms with Crippen molar-refractivity contribution < 1.29 is 44.9 Å². The SMILES string of the molecule is C=COC(COC)C1(F)OC(F)(F)C(F)(F)C1(F)F. The quantitative estimate of drug-likeness (QED) is 0.577. The fourth-order valence-corrected chi connectivity index (χ4v) is 1.48. The summed E-state index contributed by atoms with van der Waals surface area (Å²) in [6.45, 7) is 1.85. The molecule has 0 radical (unpaired) electrons. The minimum Gasteiger partial charge on any atom is -0.490 e. The highest BCUT2D eigenvalue weighted by molar-refractivity contribution is 5.11. The van der Waals surface area contributed by atoms with Crippen LogP contribution in [-0.4, -0.2) is 43.6 Å². The van der Waals surface area contributed by atoms with Crippen molar-refractivity contribution in [3.63, 3.8) is 0 Å². The van der Waals surface area contributed by atoms with E-state index in [1.165, 1.54) is 0 Å². The van der Waals surface area contributed by atoms with E-state index in [1.54, 1.807) is 0 Å². The van der Waals surface area contributed by atoms with Crippen molar-refractivity contribution in [2.45, 2.75) is 29.9 Å². The van der Waals surface area contributed by atoms with E-state index in [1.807, 2.05) is 0 Å². The predicted molar refractivity (Wildman–Crippen MR) is 46.7 cm³/mol. The second-order valence-corrected chi connectivity index (χ2v) is 3.66. The molecule has 1 rings (SSSR count). The summed E-state index contributed by atoms with van der Waals surface area (Å²) in [6.07, 6.45) is -7.83. The van der Waals surface area contributed by atoms with Gasteiger partial charge in [-0.05, 0) is 0 Å². The zero-order valence-electron chi connectivity index (χ0n) is 9.44. The molecule has 1 heterocycles. The standard InChI is InChI=1S/C9H9F7O3/c1-3-18-5(4-17-2)6(10)7(11,12)8(13,14)9(15,16)19-6/h3,5H,1,4H2,2H3. The van der Waals surface area contributed by atoms with Gasteiger partial charge in [-0.3, -0.25) is 4.74 Å². The van der Waals surface area contributed by atoms with E-state index in [-0.39, 0.29) is 0 Å². The topological polar surface area (TPSA) is 27.7 Å². The average Bonchev–Trinajstić information content (AvgIpc) is 2.35. The van der Waals surface area contributed by atoms with Crippen LogP contribution in [0.3, 0.4) is 0 Å². The number of ether oxygens (including phenoxy) is 3. The Labute approximate surface area is 102 Å². The highest BCUT2D eigenvalue weighted by atomic mass is 19.4. The summed E-state index contributed by atoms with van der Waals surface area (Å²) >= 11 is 0. The molecule has 0 spiro atoms. The number of alkyl halides is 7. The third-order valence-corrected chi connectivity index (χ3v) is 2.46. The fraction of sp³-hybridized carbons (Fsp3) is 0.778. The molecular formula is C9H9F7O3. The zero-order valence-corrected chi connectivity index (χ0v) is 9.44. The summed E-state index contributed by atoms with van der Waals surface area (Å²) in [6, 6.07) is 0. The Morgan fingerprint density at radius 1 is 1.11 bits per heavy atom. The van der Waals surface area contributed by atoms with Crippen molar-refractivity contribution in [3.8, 4) is 0 Å². The number of rotatable bonds is 5. The third kappa shape index (κ3) is 1.97. The van der Waals surface area contributed by atoms with E-state index < -0.39 is 36.5 Å². The minimum atomic E-state index is -6.04. The molecule has 19 heavy (non-hydrogen) atoms. The summed E-state index contributed by atoms with van der Waals surface area (Å²) in [4.78, 5) is 0. The van der Waals surface area contributed by atoms with Gasteiger partial charge in [0.1, 0.15) is 0 Å². The molecule has 1 aliphatic rings. The van der Waals surface area contributed by atoms with Crippen LogP contribution in [0.15, 0.2) is 12.8 Å². The van der Waals surface area contributed by atoms with E-state index >= 15 is 0 Å². The second kappa shape index (κ2) is 4.51. The molecule has 0 bridgehead atoms. The fourth-order valence-electron chi connectivity index (χ4n) is 1.48. The van der Waals surface area contributed by atoms with Crippen molar-refractivity contribution >= 4 is 0 Å². The van der Waals surface area contributed by atoms with Crippen LogP contribution in [0.1, 0.15) is 0 Å². The first-order valence-corrected chi connectivity index (χ1v) is 4.75. The molecule has 1 saturated heterocycles. The second-order valence-electron chi connectivity index (χ2n) is 3.66. The third-order valence-electron chi connectivity index (χ3n) is 2.46. The maximum Gasteiger partial charge on any atom is 0.428 e. The lowest BCUT2D eigenvalue weighted by Gasteiger charge is -2.31. The summed E-state index contributed by atoms with van der Waals surface area (Å²) in [5, 5.41) is 0. The van der Waals surface area contributed by atoms with Gasteiger partial charge in [-0.1, -0.05) is 6.58 Å². The highest BCUT2D eigenvalue weighted by Crippen LogP contribution is 2.61. The van der Waals surface area contributed by atoms with Crippen molar-refractivity contribution in [1.82, 2.24) is 0 Å².